The van der Waals surface area contributed by atoms with E-state index in [1.54, 1.807) is 6.92 Å². The highest BCUT2D eigenvalue weighted by molar-refractivity contribution is 6.88. The van der Waals surface area contributed by atoms with Crippen LogP contribution in [0, 0.1) is 0 Å². The molecule has 21 heavy (non-hydrogen) atoms. The Morgan fingerprint density at radius 2 is 1.52 bits per heavy atom. The summed E-state index contributed by atoms with van der Waals surface area (Å²) in [6.45, 7) is 1.67. The predicted octanol–water partition coefficient (Wildman–Crippen LogP) is -2.72. The van der Waals surface area contributed by atoms with Gasteiger partial charge in [0.15, 0.2) is 0 Å². The Balaban J connectivity index is 3.14. The zero-order chi connectivity index (χ0) is 16.4. The van der Waals surface area contributed by atoms with E-state index in [1.807, 2.05) is 0 Å². The Hall–Kier alpha value is 0.428. The van der Waals surface area contributed by atoms with E-state index in [0.717, 1.165) is 7.11 Å². The largest absolute Gasteiger partial charge is 0.668 e. The van der Waals surface area contributed by atoms with Crippen LogP contribution in [-0.4, -0.2) is 82.8 Å². The molecule has 0 aromatic carbocycles. The Morgan fingerprint density at radius 1 is 1.00 bits per heavy atom. The van der Waals surface area contributed by atoms with E-state index in [-0.39, 0.29) is 6.04 Å². The summed E-state index contributed by atoms with van der Waals surface area (Å²) in [5.74, 6) is 0. The molecule has 11 nitrogen and oxygen atoms in total. The fourth-order valence-corrected chi connectivity index (χ4v) is 14.4. The van der Waals surface area contributed by atoms with Gasteiger partial charge in [-0.1, -0.05) is 6.92 Å². The van der Waals surface area contributed by atoms with Crippen LogP contribution in [0.2, 0.25) is 6.04 Å². The maximum Gasteiger partial charge on any atom is 0.668 e. The highest BCUT2D eigenvalue weighted by Gasteiger charge is 2.70. The van der Waals surface area contributed by atoms with Crippen LogP contribution in [0.5, 0.6) is 0 Å². The molecule has 3 unspecified atom stereocenters. The van der Waals surface area contributed by atoms with Gasteiger partial charge in [0.2, 0.25) is 0 Å². The zero-order valence-electron chi connectivity index (χ0n) is 12.1. The number of aliphatic hydroxyl groups excluding tert-OH is 1. The van der Waals surface area contributed by atoms with Crippen molar-refractivity contribution in [3.8, 4) is 0 Å². The molecule has 3 atom stereocenters. The van der Waals surface area contributed by atoms with Crippen LogP contribution in [0.4, 0.5) is 0 Å². The van der Waals surface area contributed by atoms with E-state index >= 15 is 0 Å². The summed E-state index contributed by atoms with van der Waals surface area (Å²) in [5, 5.41) is 9.46. The molecule has 0 aliphatic carbocycles. The summed E-state index contributed by atoms with van der Waals surface area (Å²) >= 11 is 0. The molecular formula is C6H20O11Si4. The van der Waals surface area contributed by atoms with Crippen LogP contribution in [0.25, 0.3) is 0 Å². The second kappa shape index (κ2) is 6.90. The Labute approximate surface area is 126 Å². The molecule has 0 amide bonds. The quantitative estimate of drug-likeness (QED) is 0.342. The molecule has 15 heteroatoms. The fourth-order valence-electron chi connectivity index (χ4n) is 1.53. The van der Waals surface area contributed by atoms with Crippen molar-refractivity contribution in [2.75, 3.05) is 27.6 Å². The van der Waals surface area contributed by atoms with Gasteiger partial charge in [0.25, 0.3) is 0 Å². The highest BCUT2D eigenvalue weighted by atomic mass is 28.6. The van der Waals surface area contributed by atoms with Gasteiger partial charge in [-0.15, -0.1) is 0 Å². The normalized spacial score (nSPS) is 37.7. The van der Waals surface area contributed by atoms with Gasteiger partial charge in [0, 0.05) is 27.4 Å². The first kappa shape index (κ1) is 19.5. The first-order chi connectivity index (χ1) is 9.63. The molecule has 0 saturated carbocycles. The number of rotatable bonds is 7. The number of aliphatic hydroxyl groups is 1. The summed E-state index contributed by atoms with van der Waals surface area (Å²) in [7, 11) is -13.0. The molecular weight excluding hydrogens is 360 g/mol. The smallest absolute Gasteiger partial charge is 0.392 e. The van der Waals surface area contributed by atoms with Gasteiger partial charge in [-0.05, 0) is 0 Å². The second-order valence-electron chi connectivity index (χ2n) is 3.97. The monoisotopic (exact) mass is 380 g/mol. The minimum atomic E-state index is -4.66. The molecule has 126 valence electrons. The Bertz CT molecular complexity index is 326. The van der Waals surface area contributed by atoms with Crippen molar-refractivity contribution in [1.29, 1.82) is 0 Å². The van der Waals surface area contributed by atoms with Gasteiger partial charge < -0.3 is 49.2 Å². The molecule has 1 heterocycles. The molecule has 4 N–H and O–H groups in total. The summed E-state index contributed by atoms with van der Waals surface area (Å²) in [6.07, 6.45) is -0.679. The van der Waals surface area contributed by atoms with E-state index in [1.165, 1.54) is 14.2 Å². The lowest BCUT2D eigenvalue weighted by molar-refractivity contribution is -0.0278. The Morgan fingerprint density at radius 3 is 1.90 bits per heavy atom. The molecule has 1 rings (SSSR count). The predicted molar refractivity (Wildman–Crippen MR) is 72.6 cm³/mol. The van der Waals surface area contributed by atoms with Crippen LogP contribution in [0.3, 0.4) is 0 Å². The number of hydrogen-bond donors (Lipinski definition) is 4. The van der Waals surface area contributed by atoms with Crippen LogP contribution in [0.1, 0.15) is 6.92 Å². The lowest BCUT2D eigenvalue weighted by Crippen LogP contribution is -2.76. The molecule has 0 spiro atoms. The van der Waals surface area contributed by atoms with Crippen LogP contribution < -0.4 is 0 Å². The van der Waals surface area contributed by atoms with Crippen molar-refractivity contribution in [3.63, 3.8) is 0 Å². The molecule has 0 radical (unpaired) electrons. The fraction of sp³-hybridized carbons (Fsp3) is 1.00. The summed E-state index contributed by atoms with van der Waals surface area (Å²) < 4.78 is 35.3. The van der Waals surface area contributed by atoms with Crippen LogP contribution in [0.15, 0.2) is 0 Å². The Kier molecular flexibility index (Phi) is 6.40. The van der Waals surface area contributed by atoms with Crippen molar-refractivity contribution >= 4 is 35.7 Å². The van der Waals surface area contributed by atoms with Gasteiger partial charge in [-0.2, -0.15) is 0 Å². The minimum absolute atomic E-state index is 0.210. The van der Waals surface area contributed by atoms with E-state index in [2.05, 4.69) is 4.43 Å². The van der Waals surface area contributed by atoms with Gasteiger partial charge >= 0.3 is 35.7 Å². The maximum atomic E-state index is 10.4. The van der Waals surface area contributed by atoms with E-state index in [0.29, 0.717) is 0 Å². The third kappa shape index (κ3) is 4.46. The standard InChI is InChI=1S/C6H20O11Si4/c1-5-18(11-2)14-19(6-7,12-3)16-21(10,15-18)17-20(8,9)13-4/h7-10H,5-6H2,1-4H3. The van der Waals surface area contributed by atoms with Gasteiger partial charge in [-0.3, -0.25) is 0 Å². The SMILES string of the molecule is CC[Si]1(OC)O[Si](O)(O[Si](O)(O)OC)O[Si](CO)(OC)O1. The average Bonchev–Trinajstić information content (AvgIpc) is 2.45. The van der Waals surface area contributed by atoms with E-state index in [4.69, 9.17) is 25.3 Å². The number of hydrogen-bond acceptors (Lipinski definition) is 11. The molecule has 0 bridgehead atoms. The molecule has 1 aliphatic heterocycles. The van der Waals surface area contributed by atoms with Crippen molar-refractivity contribution in [2.24, 2.45) is 0 Å². The minimum Gasteiger partial charge on any atom is -0.392 e. The van der Waals surface area contributed by atoms with Gasteiger partial charge in [0.1, 0.15) is 6.23 Å². The lowest BCUT2D eigenvalue weighted by atomic mass is 11.0. The molecule has 0 aromatic heterocycles. The third-order valence-corrected chi connectivity index (χ3v) is 14.8. The average molecular weight is 381 g/mol. The topological polar surface area (TPSA) is 146 Å². The first-order valence-electron chi connectivity index (χ1n) is 5.87. The summed E-state index contributed by atoms with van der Waals surface area (Å²) in [4.78, 5) is 29.3. The molecule has 0 aromatic rings. The highest BCUT2D eigenvalue weighted by Crippen LogP contribution is 2.33. The van der Waals surface area contributed by atoms with Crippen molar-refractivity contribution in [2.45, 2.75) is 13.0 Å². The van der Waals surface area contributed by atoms with Gasteiger partial charge in [-0.25, -0.2) is 0 Å². The third-order valence-electron chi connectivity index (χ3n) is 2.66. The van der Waals surface area contributed by atoms with Crippen molar-refractivity contribution in [3.05, 3.63) is 0 Å². The van der Waals surface area contributed by atoms with Crippen molar-refractivity contribution < 1.29 is 49.2 Å². The molecule has 1 aliphatic rings. The van der Waals surface area contributed by atoms with Crippen molar-refractivity contribution in [1.82, 2.24) is 0 Å². The van der Waals surface area contributed by atoms with Crippen LogP contribution >= 0.6 is 0 Å². The summed E-state index contributed by atoms with van der Waals surface area (Å²) in [5.41, 5.74) is 0. The zero-order valence-corrected chi connectivity index (χ0v) is 16.1. The maximum absolute atomic E-state index is 10.4. The molecule has 1 fully saturated rings. The lowest BCUT2D eigenvalue weighted by Gasteiger charge is -2.45. The van der Waals surface area contributed by atoms with Crippen LogP contribution in [-0.2, 0) is 29.7 Å². The van der Waals surface area contributed by atoms with E-state index < -0.39 is 41.9 Å². The first-order valence-corrected chi connectivity index (χ1v) is 13.1. The molecule has 1 saturated heterocycles. The van der Waals surface area contributed by atoms with E-state index in [9.17, 15) is 19.5 Å². The summed E-state index contributed by atoms with van der Waals surface area (Å²) in [6, 6.07) is 0.210. The second-order valence-corrected chi connectivity index (χ2v) is 14.4. The van der Waals surface area contributed by atoms with Gasteiger partial charge in [0.05, 0.1) is 0 Å².